The standard InChI is InChI=1S/C15H20N2O3/c1-3-17(9-4-10-18)15(19)12(2)20-14-7-5-13(11-16)6-8-14/h5-8,12,18H,3-4,9-10H2,1-2H3. The Morgan fingerprint density at radius 3 is 2.60 bits per heavy atom. The quantitative estimate of drug-likeness (QED) is 0.820. The van der Waals surface area contributed by atoms with Crippen LogP contribution in [0.15, 0.2) is 24.3 Å². The normalized spacial score (nSPS) is 11.5. The van der Waals surface area contributed by atoms with Gasteiger partial charge in [-0.1, -0.05) is 0 Å². The van der Waals surface area contributed by atoms with E-state index in [1.165, 1.54) is 0 Å². The Hall–Kier alpha value is -2.06. The Labute approximate surface area is 119 Å². The minimum atomic E-state index is -0.596. The SMILES string of the molecule is CCN(CCCO)C(=O)C(C)Oc1ccc(C#N)cc1. The molecule has 1 amide bonds. The zero-order chi connectivity index (χ0) is 15.0. The number of amides is 1. The zero-order valence-corrected chi connectivity index (χ0v) is 11.9. The number of carbonyl (C=O) groups is 1. The van der Waals surface area contributed by atoms with Crippen LogP contribution in [-0.4, -0.2) is 41.7 Å². The molecule has 0 radical (unpaired) electrons. The molecule has 0 saturated carbocycles. The van der Waals surface area contributed by atoms with Crippen molar-refractivity contribution in [2.75, 3.05) is 19.7 Å². The number of nitrogens with zero attached hydrogens (tertiary/aromatic N) is 2. The summed E-state index contributed by atoms with van der Waals surface area (Å²) < 4.78 is 5.58. The first-order chi connectivity index (χ1) is 9.62. The van der Waals surface area contributed by atoms with E-state index in [1.807, 2.05) is 13.0 Å². The molecule has 0 saturated heterocycles. The molecule has 0 aliphatic rings. The summed E-state index contributed by atoms with van der Waals surface area (Å²) in [5.41, 5.74) is 0.550. The maximum atomic E-state index is 12.2. The molecule has 0 spiro atoms. The lowest BCUT2D eigenvalue weighted by molar-refractivity contribution is -0.137. The number of carbonyl (C=O) groups excluding carboxylic acids is 1. The van der Waals surface area contributed by atoms with E-state index in [4.69, 9.17) is 15.1 Å². The summed E-state index contributed by atoms with van der Waals surface area (Å²) in [6.07, 6.45) is -0.0371. The Bertz CT molecular complexity index is 465. The predicted octanol–water partition coefficient (Wildman–Crippen LogP) is 1.56. The van der Waals surface area contributed by atoms with Gasteiger partial charge in [0.1, 0.15) is 5.75 Å². The Morgan fingerprint density at radius 1 is 1.45 bits per heavy atom. The molecule has 1 atom stereocenters. The van der Waals surface area contributed by atoms with E-state index in [1.54, 1.807) is 36.1 Å². The second-order valence-corrected chi connectivity index (χ2v) is 4.39. The van der Waals surface area contributed by atoms with Gasteiger partial charge in [-0.2, -0.15) is 5.26 Å². The monoisotopic (exact) mass is 276 g/mol. The van der Waals surface area contributed by atoms with Gasteiger partial charge in [-0.05, 0) is 44.5 Å². The number of nitriles is 1. The first-order valence-electron chi connectivity index (χ1n) is 6.68. The van der Waals surface area contributed by atoms with Crippen LogP contribution < -0.4 is 4.74 Å². The van der Waals surface area contributed by atoms with Gasteiger partial charge in [0, 0.05) is 19.7 Å². The average molecular weight is 276 g/mol. The van der Waals surface area contributed by atoms with Crippen LogP contribution in [0.25, 0.3) is 0 Å². The van der Waals surface area contributed by atoms with Gasteiger partial charge in [0.25, 0.3) is 5.91 Å². The van der Waals surface area contributed by atoms with Gasteiger partial charge in [0.05, 0.1) is 11.6 Å². The van der Waals surface area contributed by atoms with Crippen LogP contribution in [-0.2, 0) is 4.79 Å². The van der Waals surface area contributed by atoms with Gasteiger partial charge in [0.15, 0.2) is 6.10 Å². The molecule has 0 aliphatic heterocycles. The Morgan fingerprint density at radius 2 is 2.10 bits per heavy atom. The molecular weight excluding hydrogens is 256 g/mol. The molecule has 1 aromatic carbocycles. The highest BCUT2D eigenvalue weighted by Gasteiger charge is 2.20. The smallest absolute Gasteiger partial charge is 0.263 e. The lowest BCUT2D eigenvalue weighted by Gasteiger charge is -2.24. The number of hydrogen-bond donors (Lipinski definition) is 1. The average Bonchev–Trinajstić information content (AvgIpc) is 2.48. The van der Waals surface area contributed by atoms with Gasteiger partial charge in [-0.15, -0.1) is 0 Å². The van der Waals surface area contributed by atoms with Crippen molar-refractivity contribution >= 4 is 5.91 Å². The minimum Gasteiger partial charge on any atom is -0.481 e. The third-order valence-corrected chi connectivity index (χ3v) is 2.92. The molecule has 1 N–H and O–H groups in total. The lowest BCUT2D eigenvalue weighted by atomic mass is 10.2. The Balaban J connectivity index is 2.61. The van der Waals surface area contributed by atoms with Crippen LogP contribution in [0.3, 0.4) is 0 Å². The van der Waals surface area contributed by atoms with Crippen molar-refractivity contribution in [2.45, 2.75) is 26.4 Å². The predicted molar refractivity (Wildman–Crippen MR) is 75.2 cm³/mol. The molecule has 108 valence electrons. The van der Waals surface area contributed by atoms with Crippen LogP contribution in [0.1, 0.15) is 25.8 Å². The Kier molecular flexibility index (Phi) is 6.54. The molecule has 1 unspecified atom stereocenters. The highest BCUT2D eigenvalue weighted by molar-refractivity contribution is 5.80. The van der Waals surface area contributed by atoms with Crippen LogP contribution >= 0.6 is 0 Å². The fourth-order valence-electron chi connectivity index (χ4n) is 1.81. The van der Waals surface area contributed by atoms with E-state index in [9.17, 15) is 4.79 Å². The fourth-order valence-corrected chi connectivity index (χ4v) is 1.81. The van der Waals surface area contributed by atoms with Crippen LogP contribution in [0, 0.1) is 11.3 Å². The third-order valence-electron chi connectivity index (χ3n) is 2.92. The summed E-state index contributed by atoms with van der Waals surface area (Å²) in [4.78, 5) is 13.8. The second-order valence-electron chi connectivity index (χ2n) is 4.39. The highest BCUT2D eigenvalue weighted by atomic mass is 16.5. The summed E-state index contributed by atoms with van der Waals surface area (Å²) in [7, 11) is 0. The molecule has 0 bridgehead atoms. The van der Waals surface area contributed by atoms with E-state index >= 15 is 0 Å². The number of aliphatic hydroxyl groups excluding tert-OH is 1. The summed E-state index contributed by atoms with van der Waals surface area (Å²) in [5.74, 6) is 0.452. The van der Waals surface area contributed by atoms with Crippen molar-refractivity contribution in [3.8, 4) is 11.8 Å². The summed E-state index contributed by atoms with van der Waals surface area (Å²) >= 11 is 0. The number of benzene rings is 1. The first-order valence-corrected chi connectivity index (χ1v) is 6.68. The van der Waals surface area contributed by atoms with E-state index in [0.717, 1.165) is 0 Å². The van der Waals surface area contributed by atoms with Crippen molar-refractivity contribution in [1.29, 1.82) is 5.26 Å². The van der Waals surface area contributed by atoms with Crippen molar-refractivity contribution in [3.63, 3.8) is 0 Å². The van der Waals surface area contributed by atoms with Crippen LogP contribution in [0.4, 0.5) is 0 Å². The van der Waals surface area contributed by atoms with Crippen molar-refractivity contribution in [1.82, 2.24) is 4.90 Å². The van der Waals surface area contributed by atoms with Gasteiger partial charge >= 0.3 is 0 Å². The number of ether oxygens (including phenoxy) is 1. The summed E-state index contributed by atoms with van der Waals surface area (Å²) in [6.45, 7) is 4.76. The molecular formula is C15H20N2O3. The van der Waals surface area contributed by atoms with E-state index in [-0.39, 0.29) is 12.5 Å². The van der Waals surface area contributed by atoms with Gasteiger partial charge in [0.2, 0.25) is 0 Å². The van der Waals surface area contributed by atoms with Gasteiger partial charge in [-0.3, -0.25) is 4.79 Å². The maximum absolute atomic E-state index is 12.2. The molecule has 1 rings (SSSR count). The lowest BCUT2D eigenvalue weighted by Crippen LogP contribution is -2.41. The molecule has 5 nitrogen and oxygen atoms in total. The number of hydrogen-bond acceptors (Lipinski definition) is 4. The molecule has 0 fully saturated rings. The van der Waals surface area contributed by atoms with Crippen LogP contribution in [0.5, 0.6) is 5.75 Å². The van der Waals surface area contributed by atoms with Crippen molar-refractivity contribution in [2.24, 2.45) is 0 Å². The highest BCUT2D eigenvalue weighted by Crippen LogP contribution is 2.14. The third kappa shape index (κ3) is 4.56. The first kappa shape index (κ1) is 16.0. The zero-order valence-electron chi connectivity index (χ0n) is 11.9. The molecule has 5 heteroatoms. The van der Waals surface area contributed by atoms with Crippen LogP contribution in [0.2, 0.25) is 0 Å². The number of aliphatic hydroxyl groups is 1. The largest absolute Gasteiger partial charge is 0.481 e. The van der Waals surface area contributed by atoms with Gasteiger partial charge in [-0.25, -0.2) is 0 Å². The minimum absolute atomic E-state index is 0.0641. The van der Waals surface area contributed by atoms with E-state index < -0.39 is 6.10 Å². The maximum Gasteiger partial charge on any atom is 0.263 e. The fraction of sp³-hybridized carbons (Fsp3) is 0.467. The topological polar surface area (TPSA) is 73.6 Å². The van der Waals surface area contributed by atoms with Gasteiger partial charge < -0.3 is 14.7 Å². The number of likely N-dealkylation sites (N-methyl/N-ethyl adjacent to an activating group) is 1. The van der Waals surface area contributed by atoms with E-state index in [2.05, 4.69) is 0 Å². The van der Waals surface area contributed by atoms with E-state index in [0.29, 0.717) is 30.8 Å². The molecule has 0 heterocycles. The second kappa shape index (κ2) is 8.18. The number of rotatable bonds is 7. The summed E-state index contributed by atoms with van der Waals surface area (Å²) in [5, 5.41) is 17.5. The molecule has 0 aliphatic carbocycles. The molecule has 1 aromatic rings. The van der Waals surface area contributed by atoms with Crippen molar-refractivity contribution in [3.05, 3.63) is 29.8 Å². The van der Waals surface area contributed by atoms with Crippen molar-refractivity contribution < 1.29 is 14.6 Å². The molecule has 0 aromatic heterocycles. The molecule has 20 heavy (non-hydrogen) atoms. The summed E-state index contributed by atoms with van der Waals surface area (Å²) in [6, 6.07) is 8.67.